The molecule has 1 saturated heterocycles. The molecule has 0 amide bonds. The number of hydrogen-bond donors (Lipinski definition) is 1. The van der Waals surface area contributed by atoms with Gasteiger partial charge in [0.1, 0.15) is 5.82 Å². The molecular weight excluding hydrogens is 279 g/mol. The highest BCUT2D eigenvalue weighted by Gasteiger charge is 2.32. The van der Waals surface area contributed by atoms with E-state index in [1.807, 2.05) is 4.90 Å². The van der Waals surface area contributed by atoms with E-state index in [4.69, 9.17) is 17.3 Å². The Balaban J connectivity index is 2.14. The van der Waals surface area contributed by atoms with Crippen LogP contribution in [0.2, 0.25) is 5.02 Å². The number of halogens is 4. The average Bonchev–Trinajstić information content (AvgIpc) is 2.76. The first-order valence-corrected chi connectivity index (χ1v) is 6.47. The smallest absolute Gasteiger partial charge is 0.355 e. The molecule has 0 bridgehead atoms. The maximum Gasteiger partial charge on any atom is 0.417 e. The largest absolute Gasteiger partial charge is 0.417 e. The third-order valence-electron chi connectivity index (χ3n) is 3.31. The Bertz CT molecular complexity index is 450. The number of pyridine rings is 1. The number of alkyl halides is 3. The van der Waals surface area contributed by atoms with Crippen LogP contribution >= 0.6 is 11.6 Å². The van der Waals surface area contributed by atoms with E-state index in [-0.39, 0.29) is 5.02 Å². The van der Waals surface area contributed by atoms with E-state index >= 15 is 0 Å². The van der Waals surface area contributed by atoms with Crippen molar-refractivity contribution < 1.29 is 13.2 Å². The standard InChI is InChI=1S/C12H15ClF3N3/c13-10-5-9(12(14,15)16)6-18-11(10)19-4-2-8(7-19)1-3-17/h5-6,8H,1-4,7,17H2. The zero-order chi connectivity index (χ0) is 14.0. The van der Waals surface area contributed by atoms with Gasteiger partial charge in [0.15, 0.2) is 0 Å². The number of nitrogens with two attached hydrogens (primary N) is 1. The van der Waals surface area contributed by atoms with Gasteiger partial charge in [0.25, 0.3) is 0 Å². The van der Waals surface area contributed by atoms with Crippen LogP contribution in [0.1, 0.15) is 18.4 Å². The van der Waals surface area contributed by atoms with Crippen molar-refractivity contribution in [2.24, 2.45) is 11.7 Å². The van der Waals surface area contributed by atoms with Gasteiger partial charge in [-0.05, 0) is 31.4 Å². The summed E-state index contributed by atoms with van der Waals surface area (Å²) in [5.41, 5.74) is 4.68. The van der Waals surface area contributed by atoms with Crippen LogP contribution in [0.15, 0.2) is 12.3 Å². The number of aromatic nitrogens is 1. The Morgan fingerprint density at radius 1 is 1.47 bits per heavy atom. The minimum Gasteiger partial charge on any atom is -0.355 e. The number of anilines is 1. The Hall–Kier alpha value is -1.01. The first-order valence-electron chi connectivity index (χ1n) is 6.09. The predicted molar refractivity (Wildman–Crippen MR) is 68.2 cm³/mol. The normalized spacial score (nSPS) is 20.1. The zero-order valence-electron chi connectivity index (χ0n) is 10.3. The summed E-state index contributed by atoms with van der Waals surface area (Å²) in [6, 6.07) is 0.931. The van der Waals surface area contributed by atoms with Crippen LogP contribution in [0.4, 0.5) is 19.0 Å². The molecule has 3 nitrogen and oxygen atoms in total. The van der Waals surface area contributed by atoms with Crippen LogP contribution in [0, 0.1) is 5.92 Å². The van der Waals surface area contributed by atoms with Gasteiger partial charge in [-0.15, -0.1) is 0 Å². The summed E-state index contributed by atoms with van der Waals surface area (Å²) in [6.45, 7) is 2.12. The van der Waals surface area contributed by atoms with Gasteiger partial charge in [-0.1, -0.05) is 11.6 Å². The lowest BCUT2D eigenvalue weighted by atomic mass is 10.1. The lowest BCUT2D eigenvalue weighted by molar-refractivity contribution is -0.137. The van der Waals surface area contributed by atoms with Gasteiger partial charge in [-0.25, -0.2) is 4.98 Å². The summed E-state index contributed by atoms with van der Waals surface area (Å²) in [5.74, 6) is 0.888. The van der Waals surface area contributed by atoms with Crippen LogP contribution in [-0.2, 0) is 6.18 Å². The SMILES string of the molecule is NCCC1CCN(c2ncc(C(F)(F)F)cc2Cl)C1. The molecule has 1 aromatic heterocycles. The van der Waals surface area contributed by atoms with Gasteiger partial charge < -0.3 is 10.6 Å². The molecule has 0 aromatic carbocycles. The van der Waals surface area contributed by atoms with Crippen molar-refractivity contribution in [3.8, 4) is 0 Å². The van der Waals surface area contributed by atoms with Crippen LogP contribution in [0.5, 0.6) is 0 Å². The van der Waals surface area contributed by atoms with E-state index in [9.17, 15) is 13.2 Å². The highest BCUT2D eigenvalue weighted by atomic mass is 35.5. The third-order valence-corrected chi connectivity index (χ3v) is 3.59. The fourth-order valence-electron chi connectivity index (χ4n) is 2.31. The molecule has 1 fully saturated rings. The van der Waals surface area contributed by atoms with Crippen LogP contribution in [-0.4, -0.2) is 24.6 Å². The van der Waals surface area contributed by atoms with Crippen molar-refractivity contribution in [3.63, 3.8) is 0 Å². The molecule has 7 heteroatoms. The first-order chi connectivity index (χ1) is 8.91. The maximum absolute atomic E-state index is 12.5. The van der Waals surface area contributed by atoms with E-state index < -0.39 is 11.7 Å². The Morgan fingerprint density at radius 2 is 2.21 bits per heavy atom. The second-order valence-electron chi connectivity index (χ2n) is 4.71. The second kappa shape index (κ2) is 5.54. The van der Waals surface area contributed by atoms with Gasteiger partial charge in [0, 0.05) is 19.3 Å². The third kappa shape index (κ3) is 3.30. The van der Waals surface area contributed by atoms with Gasteiger partial charge >= 0.3 is 6.18 Å². The summed E-state index contributed by atoms with van der Waals surface area (Å²) in [6.07, 6.45) is -1.70. The second-order valence-corrected chi connectivity index (χ2v) is 5.11. The van der Waals surface area contributed by atoms with Gasteiger partial charge in [0.05, 0.1) is 10.6 Å². The fourth-order valence-corrected chi connectivity index (χ4v) is 2.60. The van der Waals surface area contributed by atoms with E-state index in [0.717, 1.165) is 38.2 Å². The molecule has 2 rings (SSSR count). The number of rotatable bonds is 3. The summed E-state index contributed by atoms with van der Waals surface area (Å²) < 4.78 is 37.5. The van der Waals surface area contributed by atoms with E-state index in [0.29, 0.717) is 18.3 Å². The molecule has 1 aromatic rings. The predicted octanol–water partition coefficient (Wildman–Crippen LogP) is 2.93. The highest BCUT2D eigenvalue weighted by molar-refractivity contribution is 6.33. The minimum absolute atomic E-state index is 0.0447. The molecular formula is C12H15ClF3N3. The van der Waals surface area contributed by atoms with Crippen LogP contribution in [0.25, 0.3) is 0 Å². The lowest BCUT2D eigenvalue weighted by Crippen LogP contribution is -2.22. The van der Waals surface area contributed by atoms with Gasteiger partial charge in [-0.3, -0.25) is 0 Å². The lowest BCUT2D eigenvalue weighted by Gasteiger charge is -2.19. The Kier molecular flexibility index (Phi) is 4.20. The van der Waals surface area contributed by atoms with Crippen molar-refractivity contribution in [2.45, 2.75) is 19.0 Å². The van der Waals surface area contributed by atoms with Crippen molar-refractivity contribution in [3.05, 3.63) is 22.8 Å². The van der Waals surface area contributed by atoms with Gasteiger partial charge in [-0.2, -0.15) is 13.2 Å². The molecule has 1 aliphatic heterocycles. The number of nitrogens with zero attached hydrogens (tertiary/aromatic N) is 2. The molecule has 0 radical (unpaired) electrons. The molecule has 1 aliphatic rings. The minimum atomic E-state index is -4.41. The number of hydrogen-bond acceptors (Lipinski definition) is 3. The summed E-state index contributed by atoms with van der Waals surface area (Å²) in [5, 5.41) is 0.0447. The monoisotopic (exact) mass is 293 g/mol. The zero-order valence-corrected chi connectivity index (χ0v) is 11.0. The molecule has 2 N–H and O–H groups in total. The Morgan fingerprint density at radius 3 is 2.79 bits per heavy atom. The van der Waals surface area contributed by atoms with E-state index in [1.54, 1.807) is 0 Å². The molecule has 0 saturated carbocycles. The molecule has 1 atom stereocenters. The highest BCUT2D eigenvalue weighted by Crippen LogP contribution is 2.35. The van der Waals surface area contributed by atoms with Gasteiger partial charge in [0.2, 0.25) is 0 Å². The van der Waals surface area contributed by atoms with Crippen molar-refractivity contribution in [1.82, 2.24) is 4.98 Å². The average molecular weight is 294 g/mol. The molecule has 19 heavy (non-hydrogen) atoms. The fraction of sp³-hybridized carbons (Fsp3) is 0.583. The Labute approximate surface area is 114 Å². The molecule has 0 aliphatic carbocycles. The van der Waals surface area contributed by atoms with Crippen molar-refractivity contribution in [2.75, 3.05) is 24.5 Å². The quantitative estimate of drug-likeness (QED) is 0.932. The van der Waals surface area contributed by atoms with Crippen molar-refractivity contribution >= 4 is 17.4 Å². The summed E-state index contributed by atoms with van der Waals surface area (Å²) in [7, 11) is 0. The topological polar surface area (TPSA) is 42.1 Å². The molecule has 0 spiro atoms. The van der Waals surface area contributed by atoms with Crippen LogP contribution in [0.3, 0.4) is 0 Å². The first kappa shape index (κ1) is 14.4. The molecule has 1 unspecified atom stereocenters. The molecule has 106 valence electrons. The summed E-state index contributed by atoms with van der Waals surface area (Å²) >= 11 is 5.91. The van der Waals surface area contributed by atoms with E-state index in [1.165, 1.54) is 0 Å². The van der Waals surface area contributed by atoms with Crippen molar-refractivity contribution in [1.29, 1.82) is 0 Å². The van der Waals surface area contributed by atoms with E-state index in [2.05, 4.69) is 4.98 Å². The van der Waals surface area contributed by atoms with Crippen LogP contribution < -0.4 is 10.6 Å². The maximum atomic E-state index is 12.5. The molecule has 2 heterocycles. The summed E-state index contributed by atoms with van der Waals surface area (Å²) in [4.78, 5) is 5.78.